The predicted molar refractivity (Wildman–Crippen MR) is 108 cm³/mol. The third kappa shape index (κ3) is 4.33. The fourth-order valence-electron chi connectivity index (χ4n) is 2.98. The molecule has 0 fully saturated rings. The molecule has 0 aliphatic carbocycles. The van der Waals surface area contributed by atoms with E-state index in [1.807, 2.05) is 24.3 Å². The van der Waals surface area contributed by atoms with Gasteiger partial charge in [-0.3, -0.25) is 9.13 Å². The lowest BCUT2D eigenvalue weighted by Crippen LogP contribution is -2.25. The van der Waals surface area contributed by atoms with Gasteiger partial charge in [-0.05, 0) is 37.1 Å². The zero-order valence-corrected chi connectivity index (χ0v) is 16.4. The van der Waals surface area contributed by atoms with Crippen molar-refractivity contribution >= 4 is 11.2 Å². The lowest BCUT2D eigenvalue weighted by Gasteiger charge is -2.06. The van der Waals surface area contributed by atoms with Crippen molar-refractivity contribution in [2.75, 3.05) is 20.3 Å². The number of imidazole rings is 1. The SMILES string of the molecule is CCCCOc1ncc2c(n1)n(Cc1ccc(OC)cc1)c(=O)n2CCCN. The van der Waals surface area contributed by atoms with Gasteiger partial charge in [-0.2, -0.15) is 4.98 Å². The minimum atomic E-state index is -0.126. The zero-order chi connectivity index (χ0) is 19.9. The molecule has 1 aromatic carbocycles. The van der Waals surface area contributed by atoms with Crippen LogP contribution in [-0.4, -0.2) is 39.4 Å². The molecule has 0 amide bonds. The first-order valence-corrected chi connectivity index (χ1v) is 9.59. The summed E-state index contributed by atoms with van der Waals surface area (Å²) in [5, 5.41) is 0. The van der Waals surface area contributed by atoms with Gasteiger partial charge in [-0.1, -0.05) is 25.5 Å². The van der Waals surface area contributed by atoms with Crippen LogP contribution in [0.15, 0.2) is 35.3 Å². The number of rotatable bonds is 10. The second kappa shape index (κ2) is 9.36. The third-order valence-corrected chi connectivity index (χ3v) is 4.55. The standard InChI is InChI=1S/C20H27N5O3/c1-3-4-12-28-19-22-13-17-18(23-19)25(20(26)24(17)11-5-10-21)14-15-6-8-16(27-2)9-7-15/h6-9,13H,3-5,10-12,14,21H2,1-2H3. The van der Waals surface area contributed by atoms with Crippen molar-refractivity contribution in [3.05, 3.63) is 46.5 Å². The number of fused-ring (bicyclic) bond motifs is 1. The first-order chi connectivity index (χ1) is 13.7. The molecule has 0 aliphatic heterocycles. The Bertz CT molecular complexity index is 962. The van der Waals surface area contributed by atoms with E-state index in [9.17, 15) is 4.79 Å². The molecule has 0 saturated carbocycles. The lowest BCUT2D eigenvalue weighted by atomic mass is 10.2. The Kier molecular flexibility index (Phi) is 6.65. The molecule has 8 heteroatoms. The summed E-state index contributed by atoms with van der Waals surface area (Å²) in [6.45, 7) is 4.09. The summed E-state index contributed by atoms with van der Waals surface area (Å²) in [4.78, 5) is 21.8. The smallest absolute Gasteiger partial charge is 0.330 e. The van der Waals surface area contributed by atoms with Crippen LogP contribution in [0.1, 0.15) is 31.7 Å². The number of aryl methyl sites for hydroxylation is 1. The van der Waals surface area contributed by atoms with Crippen LogP contribution in [0.3, 0.4) is 0 Å². The summed E-state index contributed by atoms with van der Waals surface area (Å²) in [6.07, 6.45) is 4.32. The number of benzene rings is 1. The Morgan fingerprint density at radius 3 is 2.61 bits per heavy atom. The molecule has 0 bridgehead atoms. The van der Waals surface area contributed by atoms with E-state index in [0.29, 0.717) is 49.8 Å². The second-order valence-electron chi connectivity index (χ2n) is 6.57. The molecule has 8 nitrogen and oxygen atoms in total. The van der Waals surface area contributed by atoms with Crippen molar-refractivity contribution in [3.8, 4) is 11.8 Å². The van der Waals surface area contributed by atoms with Gasteiger partial charge in [-0.15, -0.1) is 0 Å². The monoisotopic (exact) mass is 385 g/mol. The van der Waals surface area contributed by atoms with Crippen molar-refractivity contribution in [1.29, 1.82) is 0 Å². The third-order valence-electron chi connectivity index (χ3n) is 4.55. The van der Waals surface area contributed by atoms with Gasteiger partial charge < -0.3 is 15.2 Å². The van der Waals surface area contributed by atoms with Gasteiger partial charge in [-0.25, -0.2) is 9.78 Å². The summed E-state index contributed by atoms with van der Waals surface area (Å²) >= 11 is 0. The molecule has 3 rings (SSSR count). The molecule has 0 saturated heterocycles. The molecule has 0 aliphatic rings. The number of aromatic nitrogens is 4. The second-order valence-corrected chi connectivity index (χ2v) is 6.57. The van der Waals surface area contributed by atoms with Crippen molar-refractivity contribution in [1.82, 2.24) is 19.1 Å². The van der Waals surface area contributed by atoms with Crippen LogP contribution in [-0.2, 0) is 13.1 Å². The van der Waals surface area contributed by atoms with Gasteiger partial charge in [0.2, 0.25) is 0 Å². The van der Waals surface area contributed by atoms with E-state index in [-0.39, 0.29) is 5.69 Å². The Labute approximate surface area is 163 Å². The molecule has 28 heavy (non-hydrogen) atoms. The summed E-state index contributed by atoms with van der Waals surface area (Å²) in [5.74, 6) is 0.774. The van der Waals surface area contributed by atoms with Crippen LogP contribution in [0.5, 0.6) is 11.8 Å². The van der Waals surface area contributed by atoms with Crippen LogP contribution < -0.4 is 20.9 Å². The normalized spacial score (nSPS) is 11.1. The molecule has 2 N–H and O–H groups in total. The van der Waals surface area contributed by atoms with Crippen molar-refractivity contribution in [3.63, 3.8) is 0 Å². The minimum absolute atomic E-state index is 0.126. The largest absolute Gasteiger partial charge is 0.497 e. The first-order valence-electron chi connectivity index (χ1n) is 9.59. The highest BCUT2D eigenvalue weighted by atomic mass is 16.5. The number of hydrogen-bond donors (Lipinski definition) is 1. The fourth-order valence-corrected chi connectivity index (χ4v) is 2.98. The number of hydrogen-bond acceptors (Lipinski definition) is 6. The van der Waals surface area contributed by atoms with Gasteiger partial charge in [0.15, 0.2) is 5.65 Å². The summed E-state index contributed by atoms with van der Waals surface area (Å²) in [5.41, 5.74) is 7.75. The average Bonchev–Trinajstić information content (AvgIpc) is 2.98. The van der Waals surface area contributed by atoms with Crippen molar-refractivity contribution < 1.29 is 9.47 Å². The average molecular weight is 385 g/mol. The topological polar surface area (TPSA) is 97.2 Å². The summed E-state index contributed by atoms with van der Waals surface area (Å²) < 4.78 is 14.2. The molecule has 0 unspecified atom stereocenters. The molecule has 2 aromatic heterocycles. The van der Waals surface area contributed by atoms with Crippen LogP contribution in [0.2, 0.25) is 0 Å². The summed E-state index contributed by atoms with van der Waals surface area (Å²) in [6, 6.07) is 7.92. The van der Waals surface area contributed by atoms with Gasteiger partial charge in [0.05, 0.1) is 26.5 Å². The molecule has 0 atom stereocenters. The lowest BCUT2D eigenvalue weighted by molar-refractivity contribution is 0.286. The molecular weight excluding hydrogens is 358 g/mol. The van der Waals surface area contributed by atoms with E-state index in [0.717, 1.165) is 24.2 Å². The molecule has 0 spiro atoms. The molecule has 150 valence electrons. The molecule has 3 aromatic rings. The van der Waals surface area contributed by atoms with Gasteiger partial charge >= 0.3 is 11.7 Å². The van der Waals surface area contributed by atoms with E-state index < -0.39 is 0 Å². The maximum atomic E-state index is 13.0. The van der Waals surface area contributed by atoms with E-state index in [4.69, 9.17) is 15.2 Å². The first kappa shape index (κ1) is 19.9. The fraction of sp³-hybridized carbons (Fsp3) is 0.450. The Morgan fingerprint density at radius 1 is 1.14 bits per heavy atom. The van der Waals surface area contributed by atoms with Gasteiger partial charge in [0, 0.05) is 6.54 Å². The number of nitrogens with zero attached hydrogens (tertiary/aromatic N) is 4. The number of methoxy groups -OCH3 is 1. The predicted octanol–water partition coefficient (Wildman–Crippen LogP) is 2.18. The van der Waals surface area contributed by atoms with Crippen LogP contribution >= 0.6 is 0 Å². The number of unbranched alkanes of at least 4 members (excludes halogenated alkanes) is 1. The number of nitrogens with two attached hydrogens (primary N) is 1. The van der Waals surface area contributed by atoms with E-state index in [2.05, 4.69) is 16.9 Å². The Balaban J connectivity index is 2.00. The highest BCUT2D eigenvalue weighted by Crippen LogP contribution is 2.17. The summed E-state index contributed by atoms with van der Waals surface area (Å²) in [7, 11) is 1.63. The van der Waals surface area contributed by atoms with Gasteiger partial charge in [0.1, 0.15) is 11.3 Å². The van der Waals surface area contributed by atoms with Gasteiger partial charge in [0.25, 0.3) is 0 Å². The molecular formula is C20H27N5O3. The maximum absolute atomic E-state index is 13.0. The Hall–Kier alpha value is -2.87. The number of ether oxygens (including phenoxy) is 2. The van der Waals surface area contributed by atoms with Crippen LogP contribution in [0.25, 0.3) is 11.2 Å². The molecule has 0 radical (unpaired) electrons. The van der Waals surface area contributed by atoms with E-state index in [1.165, 1.54) is 0 Å². The van der Waals surface area contributed by atoms with Crippen molar-refractivity contribution in [2.24, 2.45) is 5.73 Å². The zero-order valence-electron chi connectivity index (χ0n) is 16.4. The molecule has 2 heterocycles. The quantitative estimate of drug-likeness (QED) is 0.537. The highest BCUT2D eigenvalue weighted by Gasteiger charge is 2.16. The highest BCUT2D eigenvalue weighted by molar-refractivity contribution is 5.71. The van der Waals surface area contributed by atoms with E-state index in [1.54, 1.807) is 22.4 Å². The maximum Gasteiger partial charge on any atom is 0.330 e. The van der Waals surface area contributed by atoms with Crippen LogP contribution in [0, 0.1) is 0 Å². The van der Waals surface area contributed by atoms with E-state index >= 15 is 0 Å². The Morgan fingerprint density at radius 2 is 1.93 bits per heavy atom. The minimum Gasteiger partial charge on any atom is -0.497 e. The van der Waals surface area contributed by atoms with Crippen LogP contribution in [0.4, 0.5) is 0 Å². The van der Waals surface area contributed by atoms with Crippen molar-refractivity contribution in [2.45, 2.75) is 39.3 Å².